The lowest BCUT2D eigenvalue weighted by Crippen LogP contribution is -2.35. The third kappa shape index (κ3) is 4.37. The number of carbonyl (C=O) groups excluding carboxylic acids is 1. The highest BCUT2D eigenvalue weighted by molar-refractivity contribution is 7.89. The average molecular weight is 455 g/mol. The Labute approximate surface area is 186 Å². The minimum Gasteiger partial charge on any atom is -0.497 e. The molecular formula is C24H23FN2O4S. The van der Waals surface area contributed by atoms with Gasteiger partial charge in [0.1, 0.15) is 11.6 Å². The summed E-state index contributed by atoms with van der Waals surface area (Å²) < 4.78 is 45.8. The number of hydrogen-bond donors (Lipinski definition) is 1. The number of methoxy groups -OCH3 is 1. The third-order valence-electron chi connectivity index (χ3n) is 5.51. The Balaban J connectivity index is 1.55. The first kappa shape index (κ1) is 22.0. The molecule has 0 bridgehead atoms. The van der Waals surface area contributed by atoms with Crippen LogP contribution in [0.4, 0.5) is 10.1 Å². The zero-order chi connectivity index (χ0) is 22.9. The SMILES string of the molecule is COc1ccc(C(=O)N2c3cc(CNS(=O)(=O)c4ccc(F)cc4)ccc3C[C@H]2C)cc1. The monoisotopic (exact) mass is 454 g/mol. The van der Waals surface area contributed by atoms with Gasteiger partial charge in [0.2, 0.25) is 10.0 Å². The van der Waals surface area contributed by atoms with Gasteiger partial charge in [-0.25, -0.2) is 17.5 Å². The van der Waals surface area contributed by atoms with Crippen LogP contribution in [0.5, 0.6) is 5.75 Å². The van der Waals surface area contributed by atoms with Crippen LogP contribution >= 0.6 is 0 Å². The minimum atomic E-state index is -3.79. The van der Waals surface area contributed by atoms with Crippen LogP contribution in [0, 0.1) is 5.82 Å². The Morgan fingerprint density at radius 3 is 2.44 bits per heavy atom. The minimum absolute atomic E-state index is 0.00927. The number of fused-ring (bicyclic) bond motifs is 1. The second-order valence-corrected chi connectivity index (χ2v) is 9.47. The van der Waals surface area contributed by atoms with Crippen molar-refractivity contribution in [3.05, 3.63) is 89.2 Å². The zero-order valence-corrected chi connectivity index (χ0v) is 18.5. The van der Waals surface area contributed by atoms with E-state index in [9.17, 15) is 17.6 Å². The van der Waals surface area contributed by atoms with Crippen LogP contribution in [0.2, 0.25) is 0 Å². The maximum Gasteiger partial charge on any atom is 0.258 e. The summed E-state index contributed by atoms with van der Waals surface area (Å²) in [6.45, 7) is 2.03. The van der Waals surface area contributed by atoms with E-state index in [1.807, 2.05) is 25.1 Å². The van der Waals surface area contributed by atoms with Gasteiger partial charge >= 0.3 is 0 Å². The molecule has 0 aliphatic carbocycles. The van der Waals surface area contributed by atoms with Gasteiger partial charge in [-0.05, 0) is 79.1 Å². The number of amides is 1. The van der Waals surface area contributed by atoms with Crippen LogP contribution in [0.3, 0.4) is 0 Å². The van der Waals surface area contributed by atoms with E-state index >= 15 is 0 Å². The van der Waals surface area contributed by atoms with Crippen molar-refractivity contribution in [2.75, 3.05) is 12.0 Å². The summed E-state index contributed by atoms with van der Waals surface area (Å²) in [6.07, 6.45) is 0.721. The second-order valence-electron chi connectivity index (χ2n) is 7.70. The molecular weight excluding hydrogens is 431 g/mol. The normalized spacial score (nSPS) is 15.5. The molecule has 8 heteroatoms. The van der Waals surface area contributed by atoms with Crippen LogP contribution in [0.1, 0.15) is 28.4 Å². The summed E-state index contributed by atoms with van der Waals surface area (Å²) in [5, 5.41) is 0. The zero-order valence-electron chi connectivity index (χ0n) is 17.7. The topological polar surface area (TPSA) is 75.7 Å². The van der Waals surface area contributed by atoms with Gasteiger partial charge in [-0.2, -0.15) is 0 Å². The number of ether oxygens (including phenoxy) is 1. The lowest BCUT2D eigenvalue weighted by Gasteiger charge is -2.23. The highest BCUT2D eigenvalue weighted by atomic mass is 32.2. The molecule has 0 fully saturated rings. The van der Waals surface area contributed by atoms with E-state index in [2.05, 4.69) is 4.72 Å². The van der Waals surface area contributed by atoms with E-state index in [1.165, 1.54) is 12.1 Å². The summed E-state index contributed by atoms with van der Waals surface area (Å²) in [5.74, 6) is 0.0494. The van der Waals surface area contributed by atoms with Crippen LogP contribution in [0.25, 0.3) is 0 Å². The lowest BCUT2D eigenvalue weighted by atomic mass is 10.1. The summed E-state index contributed by atoms with van der Waals surface area (Å²) >= 11 is 0. The molecule has 4 rings (SSSR count). The number of rotatable bonds is 6. The van der Waals surface area contributed by atoms with Gasteiger partial charge in [-0.15, -0.1) is 0 Å². The molecule has 1 heterocycles. The molecule has 0 radical (unpaired) electrons. The van der Waals surface area contributed by atoms with Crippen molar-refractivity contribution in [2.45, 2.75) is 30.8 Å². The Hall–Kier alpha value is -3.23. The highest BCUT2D eigenvalue weighted by Crippen LogP contribution is 2.34. The largest absolute Gasteiger partial charge is 0.497 e. The van der Waals surface area contributed by atoms with E-state index < -0.39 is 15.8 Å². The fourth-order valence-electron chi connectivity index (χ4n) is 3.82. The standard InChI is InChI=1S/C24H23FN2O4S/c1-16-13-19-4-3-17(15-26-32(29,30)22-11-7-20(25)8-12-22)14-23(19)27(16)24(28)18-5-9-21(31-2)10-6-18/h3-12,14,16,26H,13,15H2,1-2H3/t16-/m1/s1. The first-order valence-corrected chi connectivity index (χ1v) is 11.6. The van der Waals surface area contributed by atoms with Crippen molar-refractivity contribution in [3.8, 4) is 5.75 Å². The Kier molecular flexibility index (Phi) is 5.99. The van der Waals surface area contributed by atoms with Gasteiger partial charge < -0.3 is 9.64 Å². The van der Waals surface area contributed by atoms with Gasteiger partial charge in [-0.1, -0.05) is 12.1 Å². The molecule has 6 nitrogen and oxygen atoms in total. The van der Waals surface area contributed by atoms with E-state index in [-0.39, 0.29) is 23.4 Å². The fraction of sp³-hybridized carbons (Fsp3) is 0.208. The molecule has 3 aromatic rings. The van der Waals surface area contributed by atoms with Crippen molar-refractivity contribution < 1.29 is 22.3 Å². The maximum absolute atomic E-state index is 13.2. The quantitative estimate of drug-likeness (QED) is 0.613. The first-order valence-electron chi connectivity index (χ1n) is 10.1. The summed E-state index contributed by atoms with van der Waals surface area (Å²) in [5.41, 5.74) is 3.07. The first-order chi connectivity index (χ1) is 15.3. The van der Waals surface area contributed by atoms with Crippen LogP contribution in [-0.4, -0.2) is 27.5 Å². The predicted octanol–water partition coefficient (Wildman–Crippen LogP) is 3.90. The number of benzene rings is 3. The molecule has 0 saturated carbocycles. The lowest BCUT2D eigenvalue weighted by molar-refractivity contribution is 0.0981. The molecule has 1 aliphatic heterocycles. The molecule has 3 aromatic carbocycles. The van der Waals surface area contributed by atoms with E-state index in [0.717, 1.165) is 35.4 Å². The molecule has 0 unspecified atom stereocenters. The van der Waals surface area contributed by atoms with Crippen molar-refractivity contribution in [1.29, 1.82) is 0 Å². The van der Waals surface area contributed by atoms with Crippen LogP contribution < -0.4 is 14.4 Å². The van der Waals surface area contributed by atoms with Gasteiger partial charge in [0.05, 0.1) is 12.0 Å². The van der Waals surface area contributed by atoms with Crippen molar-refractivity contribution in [3.63, 3.8) is 0 Å². The maximum atomic E-state index is 13.2. The summed E-state index contributed by atoms with van der Waals surface area (Å²) in [4.78, 5) is 14.9. The Morgan fingerprint density at radius 1 is 1.09 bits per heavy atom. The van der Waals surface area contributed by atoms with Crippen molar-refractivity contribution in [2.24, 2.45) is 0 Å². The molecule has 1 N–H and O–H groups in total. The van der Waals surface area contributed by atoms with Gasteiger partial charge in [0.15, 0.2) is 0 Å². The van der Waals surface area contributed by atoms with Gasteiger partial charge in [0, 0.05) is 23.8 Å². The number of nitrogens with zero attached hydrogens (tertiary/aromatic N) is 1. The Morgan fingerprint density at radius 2 is 1.78 bits per heavy atom. The second kappa shape index (κ2) is 8.72. The molecule has 0 aromatic heterocycles. The fourth-order valence-corrected chi connectivity index (χ4v) is 4.84. The predicted molar refractivity (Wildman–Crippen MR) is 120 cm³/mol. The molecule has 166 valence electrons. The highest BCUT2D eigenvalue weighted by Gasteiger charge is 2.31. The average Bonchev–Trinajstić information content (AvgIpc) is 3.12. The molecule has 1 amide bonds. The van der Waals surface area contributed by atoms with E-state index in [1.54, 1.807) is 36.3 Å². The van der Waals surface area contributed by atoms with Gasteiger partial charge in [0.25, 0.3) is 5.91 Å². The molecule has 0 spiro atoms. The molecule has 0 saturated heterocycles. The van der Waals surface area contributed by atoms with E-state index in [4.69, 9.17) is 4.74 Å². The third-order valence-corrected chi connectivity index (χ3v) is 6.93. The number of carbonyl (C=O) groups is 1. The number of halogens is 1. The number of anilines is 1. The molecule has 32 heavy (non-hydrogen) atoms. The van der Waals surface area contributed by atoms with Crippen molar-refractivity contribution in [1.82, 2.24) is 4.72 Å². The number of sulfonamides is 1. The summed E-state index contributed by atoms with van der Waals surface area (Å²) in [6, 6.07) is 17.2. The Bertz CT molecular complexity index is 1240. The van der Waals surface area contributed by atoms with Gasteiger partial charge in [-0.3, -0.25) is 4.79 Å². The number of nitrogens with one attached hydrogen (secondary N) is 1. The molecule has 1 aliphatic rings. The summed E-state index contributed by atoms with van der Waals surface area (Å²) in [7, 11) is -2.22. The number of hydrogen-bond acceptors (Lipinski definition) is 4. The smallest absolute Gasteiger partial charge is 0.258 e. The molecule has 1 atom stereocenters. The van der Waals surface area contributed by atoms with Crippen LogP contribution in [0.15, 0.2) is 71.6 Å². The van der Waals surface area contributed by atoms with Crippen LogP contribution in [-0.2, 0) is 23.0 Å². The van der Waals surface area contributed by atoms with E-state index in [0.29, 0.717) is 11.3 Å². The van der Waals surface area contributed by atoms with Crippen molar-refractivity contribution >= 4 is 21.6 Å².